The van der Waals surface area contributed by atoms with Gasteiger partial charge in [-0.3, -0.25) is 14.4 Å². The molecule has 2 aromatic rings. The number of carbonyl (C=O) groups excluding carboxylic acids is 4. The third-order valence-corrected chi connectivity index (χ3v) is 5.95. The summed E-state index contributed by atoms with van der Waals surface area (Å²) in [4.78, 5) is 49.0. The third kappa shape index (κ3) is 6.98. The second-order valence-electron chi connectivity index (χ2n) is 6.38. The van der Waals surface area contributed by atoms with Crippen molar-refractivity contribution in [2.24, 2.45) is 5.73 Å². The van der Waals surface area contributed by atoms with Gasteiger partial charge >= 0.3 is 5.97 Å². The van der Waals surface area contributed by atoms with Gasteiger partial charge in [-0.25, -0.2) is 4.79 Å². The Kier molecular flexibility index (Phi) is 9.35. The summed E-state index contributed by atoms with van der Waals surface area (Å²) in [6.07, 6.45) is 1.01. The molecule has 0 fully saturated rings. The second kappa shape index (κ2) is 11.7. The molecule has 0 saturated heterocycles. The van der Waals surface area contributed by atoms with Gasteiger partial charge in [-0.05, 0) is 48.9 Å². The van der Waals surface area contributed by atoms with Gasteiger partial charge in [0.25, 0.3) is 17.7 Å². The van der Waals surface area contributed by atoms with Gasteiger partial charge in [-0.1, -0.05) is 23.7 Å². The normalized spacial score (nSPS) is 12.5. The number of esters is 1. The Balaban J connectivity index is 2.04. The number of thiophene rings is 1. The molecule has 0 bridgehead atoms. The van der Waals surface area contributed by atoms with E-state index in [2.05, 4.69) is 10.6 Å². The number of ether oxygens (including phenoxy) is 1. The van der Waals surface area contributed by atoms with Crippen molar-refractivity contribution < 1.29 is 23.9 Å². The standard InChI is InChI=1S/C20H22ClN3O5S2/c1-11(17(26)24-19-13(16(22)25)7-10-31-19)29-20(28)15(8-9-30-2)23-18(27)12-5-3-4-6-14(12)21/h3-7,10-11,15H,8-9H2,1-2H3,(H2,22,25)(H,23,27)(H,24,26). The molecule has 0 aliphatic heterocycles. The number of carbonyl (C=O) groups is 4. The Morgan fingerprint density at radius 2 is 1.90 bits per heavy atom. The number of anilines is 1. The summed E-state index contributed by atoms with van der Waals surface area (Å²) in [6, 6.07) is 6.99. The van der Waals surface area contributed by atoms with Crippen molar-refractivity contribution in [1.82, 2.24) is 5.32 Å². The van der Waals surface area contributed by atoms with Crippen LogP contribution >= 0.6 is 34.7 Å². The van der Waals surface area contributed by atoms with Crippen LogP contribution in [0.15, 0.2) is 35.7 Å². The van der Waals surface area contributed by atoms with Gasteiger partial charge in [0.05, 0.1) is 16.1 Å². The number of hydrogen-bond acceptors (Lipinski definition) is 7. The maximum absolute atomic E-state index is 12.7. The van der Waals surface area contributed by atoms with Crippen LogP contribution in [-0.2, 0) is 14.3 Å². The van der Waals surface area contributed by atoms with Crippen molar-refractivity contribution in [3.05, 3.63) is 51.9 Å². The van der Waals surface area contributed by atoms with E-state index >= 15 is 0 Å². The van der Waals surface area contributed by atoms with E-state index in [0.717, 1.165) is 11.3 Å². The number of amides is 3. The summed E-state index contributed by atoms with van der Waals surface area (Å²) >= 11 is 8.67. The fourth-order valence-electron chi connectivity index (χ4n) is 2.49. The number of hydrogen-bond donors (Lipinski definition) is 3. The Labute approximate surface area is 192 Å². The topological polar surface area (TPSA) is 128 Å². The third-order valence-electron chi connectivity index (χ3n) is 4.15. The first-order valence-corrected chi connectivity index (χ1v) is 11.8. The summed E-state index contributed by atoms with van der Waals surface area (Å²) in [5.41, 5.74) is 5.66. The van der Waals surface area contributed by atoms with Crippen LogP contribution < -0.4 is 16.4 Å². The smallest absolute Gasteiger partial charge is 0.329 e. The lowest BCUT2D eigenvalue weighted by Gasteiger charge is -2.20. The van der Waals surface area contributed by atoms with Gasteiger partial charge in [0.2, 0.25) is 0 Å². The van der Waals surface area contributed by atoms with Crippen LogP contribution in [-0.4, -0.2) is 47.8 Å². The number of thioether (sulfide) groups is 1. The van der Waals surface area contributed by atoms with Gasteiger partial charge < -0.3 is 21.1 Å². The molecule has 8 nitrogen and oxygen atoms in total. The zero-order valence-corrected chi connectivity index (χ0v) is 19.2. The highest BCUT2D eigenvalue weighted by atomic mass is 35.5. The van der Waals surface area contributed by atoms with Crippen molar-refractivity contribution in [1.29, 1.82) is 0 Å². The first-order chi connectivity index (χ1) is 14.7. The van der Waals surface area contributed by atoms with Gasteiger partial charge in [-0.2, -0.15) is 11.8 Å². The minimum atomic E-state index is -1.16. The van der Waals surface area contributed by atoms with Crippen molar-refractivity contribution in [3.63, 3.8) is 0 Å². The van der Waals surface area contributed by atoms with E-state index in [9.17, 15) is 19.2 Å². The molecular weight excluding hydrogens is 462 g/mol. The summed E-state index contributed by atoms with van der Waals surface area (Å²) in [7, 11) is 0. The highest BCUT2D eigenvalue weighted by Gasteiger charge is 2.27. The minimum Gasteiger partial charge on any atom is -0.451 e. The van der Waals surface area contributed by atoms with Crippen molar-refractivity contribution >= 4 is 63.4 Å². The Bertz CT molecular complexity index is 966. The summed E-state index contributed by atoms with van der Waals surface area (Å²) < 4.78 is 5.27. The number of halogens is 1. The molecular formula is C20H22ClN3O5S2. The molecule has 0 spiro atoms. The Morgan fingerprint density at radius 1 is 1.19 bits per heavy atom. The van der Waals surface area contributed by atoms with Gasteiger partial charge in [0.1, 0.15) is 11.0 Å². The van der Waals surface area contributed by atoms with Gasteiger partial charge in [-0.15, -0.1) is 11.3 Å². The number of primary amides is 1. The molecule has 4 N–H and O–H groups in total. The zero-order chi connectivity index (χ0) is 23.0. The molecule has 1 heterocycles. The van der Waals surface area contributed by atoms with Gasteiger partial charge in [0.15, 0.2) is 6.10 Å². The highest BCUT2D eigenvalue weighted by Crippen LogP contribution is 2.23. The fourth-order valence-corrected chi connectivity index (χ4v) is 3.98. The van der Waals surface area contributed by atoms with Crippen LogP contribution in [0.3, 0.4) is 0 Å². The van der Waals surface area contributed by atoms with Crippen LogP contribution in [0.25, 0.3) is 0 Å². The second-order valence-corrected chi connectivity index (χ2v) is 8.69. The lowest BCUT2D eigenvalue weighted by molar-refractivity contribution is -0.155. The molecule has 2 unspecified atom stereocenters. The van der Waals surface area contributed by atoms with Crippen LogP contribution in [0, 0.1) is 0 Å². The fraction of sp³-hybridized carbons (Fsp3) is 0.300. The summed E-state index contributed by atoms with van der Waals surface area (Å²) in [5.74, 6) is -1.99. The molecule has 0 radical (unpaired) electrons. The van der Waals surface area contributed by atoms with E-state index in [1.807, 2.05) is 6.26 Å². The van der Waals surface area contributed by atoms with E-state index in [1.54, 1.807) is 29.6 Å². The van der Waals surface area contributed by atoms with Crippen LogP contribution in [0.4, 0.5) is 5.00 Å². The molecule has 0 saturated carbocycles. The van der Waals surface area contributed by atoms with Crippen LogP contribution in [0.1, 0.15) is 34.1 Å². The molecule has 0 aliphatic carbocycles. The van der Waals surface area contributed by atoms with Crippen LogP contribution in [0.5, 0.6) is 0 Å². The molecule has 11 heteroatoms. The van der Waals surface area contributed by atoms with Crippen molar-refractivity contribution in [2.75, 3.05) is 17.3 Å². The van der Waals surface area contributed by atoms with E-state index < -0.39 is 35.8 Å². The molecule has 31 heavy (non-hydrogen) atoms. The van der Waals surface area contributed by atoms with E-state index in [-0.39, 0.29) is 21.2 Å². The first-order valence-electron chi connectivity index (χ1n) is 9.17. The number of rotatable bonds is 10. The molecule has 1 aromatic carbocycles. The largest absolute Gasteiger partial charge is 0.451 e. The molecule has 2 rings (SSSR count). The highest BCUT2D eigenvalue weighted by molar-refractivity contribution is 7.98. The maximum Gasteiger partial charge on any atom is 0.329 e. The quantitative estimate of drug-likeness (QED) is 0.446. The number of nitrogens with one attached hydrogen (secondary N) is 2. The molecule has 1 aromatic heterocycles. The monoisotopic (exact) mass is 483 g/mol. The number of nitrogens with two attached hydrogens (primary N) is 1. The molecule has 0 aliphatic rings. The molecule has 3 amide bonds. The minimum absolute atomic E-state index is 0.168. The van der Waals surface area contributed by atoms with Crippen molar-refractivity contribution in [2.45, 2.75) is 25.5 Å². The average Bonchev–Trinajstić information content (AvgIpc) is 3.19. The van der Waals surface area contributed by atoms with E-state index in [1.165, 1.54) is 24.8 Å². The summed E-state index contributed by atoms with van der Waals surface area (Å²) in [5, 5.41) is 7.28. The Morgan fingerprint density at radius 3 is 2.55 bits per heavy atom. The predicted octanol–water partition coefficient (Wildman–Crippen LogP) is 2.92. The molecule has 166 valence electrons. The lowest BCUT2D eigenvalue weighted by atomic mass is 10.1. The molecule has 2 atom stereocenters. The number of benzene rings is 1. The Hall–Kier alpha value is -2.56. The average molecular weight is 484 g/mol. The zero-order valence-electron chi connectivity index (χ0n) is 16.8. The van der Waals surface area contributed by atoms with Crippen molar-refractivity contribution in [3.8, 4) is 0 Å². The maximum atomic E-state index is 12.7. The SMILES string of the molecule is CSCCC(NC(=O)c1ccccc1Cl)C(=O)OC(C)C(=O)Nc1sccc1C(N)=O. The van der Waals surface area contributed by atoms with Gasteiger partial charge in [0, 0.05) is 0 Å². The van der Waals surface area contributed by atoms with E-state index in [4.69, 9.17) is 22.1 Å². The van der Waals surface area contributed by atoms with E-state index in [0.29, 0.717) is 12.2 Å². The lowest BCUT2D eigenvalue weighted by Crippen LogP contribution is -2.44. The van der Waals surface area contributed by atoms with Crippen LogP contribution in [0.2, 0.25) is 5.02 Å². The summed E-state index contributed by atoms with van der Waals surface area (Å²) in [6.45, 7) is 1.40. The first kappa shape index (κ1) is 24.7. The predicted molar refractivity (Wildman–Crippen MR) is 123 cm³/mol.